The molecule has 1 aromatic carbocycles. The van der Waals surface area contributed by atoms with Crippen molar-refractivity contribution in [2.24, 2.45) is 5.84 Å². The van der Waals surface area contributed by atoms with Crippen LogP contribution in [0.5, 0.6) is 5.75 Å². The summed E-state index contributed by atoms with van der Waals surface area (Å²) in [5, 5.41) is 0. The highest BCUT2D eigenvalue weighted by Gasteiger charge is 2.22. The van der Waals surface area contributed by atoms with Crippen LogP contribution in [0.1, 0.15) is 19.4 Å². The van der Waals surface area contributed by atoms with Gasteiger partial charge in [0.15, 0.2) is 6.29 Å². The van der Waals surface area contributed by atoms with Crippen LogP contribution in [0.4, 0.5) is 0 Å². The summed E-state index contributed by atoms with van der Waals surface area (Å²) in [6.07, 6.45) is 0.284. The number of nitrogens with two attached hydrogens (primary N) is 1. The summed E-state index contributed by atoms with van der Waals surface area (Å²) in [5.74, 6) is 6.45. The van der Waals surface area contributed by atoms with Crippen molar-refractivity contribution in [1.29, 1.82) is 0 Å². The molecule has 0 aliphatic carbocycles. The van der Waals surface area contributed by atoms with Crippen molar-refractivity contribution >= 4 is 15.9 Å². The van der Waals surface area contributed by atoms with Crippen molar-refractivity contribution in [3.8, 4) is 5.75 Å². The summed E-state index contributed by atoms with van der Waals surface area (Å²) < 4.78 is 17.4. The lowest BCUT2D eigenvalue weighted by molar-refractivity contribution is -0.153. The van der Waals surface area contributed by atoms with E-state index in [9.17, 15) is 0 Å². The smallest absolute Gasteiger partial charge is 0.174 e. The Bertz CT molecular complexity index is 398. The summed E-state index contributed by atoms with van der Waals surface area (Å²) in [4.78, 5) is 0. The monoisotopic (exact) mass is 346 g/mol. The van der Waals surface area contributed by atoms with Crippen LogP contribution in [-0.2, 0) is 15.9 Å². The Labute approximate surface area is 128 Å². The van der Waals surface area contributed by atoms with E-state index in [0.717, 1.165) is 15.8 Å². The van der Waals surface area contributed by atoms with Crippen molar-refractivity contribution in [2.45, 2.75) is 32.6 Å². The number of benzene rings is 1. The largest absolute Gasteiger partial charge is 0.497 e. The lowest BCUT2D eigenvalue weighted by atomic mass is 10.1. The summed E-state index contributed by atoms with van der Waals surface area (Å²) in [6.45, 7) is 5.01. The van der Waals surface area contributed by atoms with Gasteiger partial charge in [-0.05, 0) is 44.0 Å². The lowest BCUT2D eigenvalue weighted by Gasteiger charge is -2.26. The molecule has 1 aromatic rings. The minimum atomic E-state index is -0.381. The average Bonchev–Trinajstić information content (AvgIpc) is 2.46. The molecule has 1 rings (SSSR count). The summed E-state index contributed by atoms with van der Waals surface area (Å²) in [6, 6.07) is 5.70. The molecule has 0 saturated heterocycles. The number of hydrazine groups is 1. The van der Waals surface area contributed by atoms with Gasteiger partial charge < -0.3 is 14.2 Å². The van der Waals surface area contributed by atoms with Crippen molar-refractivity contribution < 1.29 is 14.2 Å². The van der Waals surface area contributed by atoms with Gasteiger partial charge in [-0.3, -0.25) is 11.3 Å². The van der Waals surface area contributed by atoms with Gasteiger partial charge in [0.05, 0.1) is 13.2 Å². The van der Waals surface area contributed by atoms with Crippen LogP contribution in [0.25, 0.3) is 0 Å². The van der Waals surface area contributed by atoms with Crippen LogP contribution >= 0.6 is 15.9 Å². The number of ether oxygens (including phenoxy) is 3. The molecule has 0 bridgehead atoms. The van der Waals surface area contributed by atoms with E-state index in [-0.39, 0.29) is 12.3 Å². The van der Waals surface area contributed by atoms with E-state index in [0.29, 0.717) is 19.6 Å². The van der Waals surface area contributed by atoms with E-state index < -0.39 is 0 Å². The number of hydrogen-bond acceptors (Lipinski definition) is 5. The molecule has 0 aliphatic rings. The number of hydrogen-bond donors (Lipinski definition) is 2. The van der Waals surface area contributed by atoms with Crippen molar-refractivity contribution in [3.05, 3.63) is 28.2 Å². The average molecular weight is 347 g/mol. The molecule has 0 heterocycles. The lowest BCUT2D eigenvalue weighted by Crippen LogP contribution is -2.48. The predicted molar refractivity (Wildman–Crippen MR) is 82.5 cm³/mol. The first-order chi connectivity index (χ1) is 9.65. The highest BCUT2D eigenvalue weighted by atomic mass is 79.9. The molecule has 0 spiro atoms. The highest BCUT2D eigenvalue weighted by molar-refractivity contribution is 9.10. The number of nitrogens with one attached hydrogen (secondary N) is 1. The van der Waals surface area contributed by atoms with Gasteiger partial charge in [-0.2, -0.15) is 0 Å². The van der Waals surface area contributed by atoms with Crippen LogP contribution in [-0.4, -0.2) is 32.7 Å². The second kappa shape index (κ2) is 9.31. The number of rotatable bonds is 9. The first-order valence-corrected chi connectivity index (χ1v) is 7.47. The first kappa shape index (κ1) is 17.4. The highest BCUT2D eigenvalue weighted by Crippen LogP contribution is 2.24. The van der Waals surface area contributed by atoms with E-state index in [2.05, 4.69) is 21.4 Å². The molecule has 5 nitrogen and oxygen atoms in total. The summed E-state index contributed by atoms with van der Waals surface area (Å²) in [7, 11) is 1.65. The molecule has 3 N–H and O–H groups in total. The summed E-state index contributed by atoms with van der Waals surface area (Å²) >= 11 is 3.54. The number of halogens is 1. The summed E-state index contributed by atoms with van der Waals surface area (Å²) in [5.41, 5.74) is 3.85. The molecule has 1 unspecified atom stereocenters. The molecule has 0 aliphatic heterocycles. The third kappa shape index (κ3) is 5.03. The van der Waals surface area contributed by atoms with E-state index in [4.69, 9.17) is 20.1 Å². The fourth-order valence-electron chi connectivity index (χ4n) is 1.91. The molecular weight excluding hydrogens is 324 g/mol. The Balaban J connectivity index is 2.85. The van der Waals surface area contributed by atoms with Crippen molar-refractivity contribution in [1.82, 2.24) is 5.43 Å². The third-order valence-corrected chi connectivity index (χ3v) is 3.67. The zero-order valence-corrected chi connectivity index (χ0v) is 13.8. The van der Waals surface area contributed by atoms with Gasteiger partial charge in [-0.1, -0.05) is 15.9 Å². The molecule has 1 atom stereocenters. The molecule has 0 radical (unpaired) electrons. The zero-order valence-electron chi connectivity index (χ0n) is 12.2. The molecule has 0 fully saturated rings. The Morgan fingerprint density at radius 3 is 2.40 bits per heavy atom. The predicted octanol–water partition coefficient (Wildman–Crippen LogP) is 2.23. The van der Waals surface area contributed by atoms with Gasteiger partial charge in [0.25, 0.3) is 0 Å². The zero-order chi connectivity index (χ0) is 15.0. The van der Waals surface area contributed by atoms with Crippen LogP contribution in [0.3, 0.4) is 0 Å². The maximum Gasteiger partial charge on any atom is 0.174 e. The van der Waals surface area contributed by atoms with Crippen LogP contribution in [0.2, 0.25) is 0 Å². The van der Waals surface area contributed by atoms with Gasteiger partial charge >= 0.3 is 0 Å². The first-order valence-electron chi connectivity index (χ1n) is 6.67. The van der Waals surface area contributed by atoms with Crippen molar-refractivity contribution in [3.63, 3.8) is 0 Å². The topological polar surface area (TPSA) is 65.7 Å². The fourth-order valence-corrected chi connectivity index (χ4v) is 2.32. The minimum absolute atomic E-state index is 0.140. The maximum absolute atomic E-state index is 5.65. The van der Waals surface area contributed by atoms with Gasteiger partial charge in [-0.25, -0.2) is 0 Å². The van der Waals surface area contributed by atoms with E-state index in [1.807, 2.05) is 32.0 Å². The molecule has 0 saturated carbocycles. The molecule has 0 aromatic heterocycles. The van der Waals surface area contributed by atoms with Crippen molar-refractivity contribution in [2.75, 3.05) is 20.3 Å². The maximum atomic E-state index is 5.65. The van der Waals surface area contributed by atoms with E-state index in [1.54, 1.807) is 7.11 Å². The van der Waals surface area contributed by atoms with E-state index >= 15 is 0 Å². The molecule has 6 heteroatoms. The molecule has 0 amide bonds. The van der Waals surface area contributed by atoms with Crippen LogP contribution in [0.15, 0.2) is 22.7 Å². The second-order valence-electron chi connectivity index (χ2n) is 4.21. The Kier molecular flexibility index (Phi) is 8.09. The van der Waals surface area contributed by atoms with Gasteiger partial charge in [-0.15, -0.1) is 0 Å². The van der Waals surface area contributed by atoms with Crippen LogP contribution in [0, 0.1) is 0 Å². The third-order valence-electron chi connectivity index (χ3n) is 2.90. The normalized spacial score (nSPS) is 12.7. The van der Waals surface area contributed by atoms with Gasteiger partial charge in [0.1, 0.15) is 5.75 Å². The number of methoxy groups -OCH3 is 1. The molecular formula is C14H23BrN2O3. The Hall–Kier alpha value is -0.660. The SMILES string of the molecule is CCOC(OCC)C(Cc1cc(OC)ccc1Br)NN. The quantitative estimate of drug-likeness (QED) is 0.407. The van der Waals surface area contributed by atoms with Gasteiger partial charge in [0, 0.05) is 17.7 Å². The second-order valence-corrected chi connectivity index (χ2v) is 5.07. The van der Waals surface area contributed by atoms with E-state index in [1.165, 1.54) is 0 Å². The standard InChI is InChI=1S/C14H23BrN2O3/c1-4-19-14(20-5-2)13(17-16)9-10-8-11(18-3)6-7-12(10)15/h6-8,13-14,17H,4-5,9,16H2,1-3H3. The Morgan fingerprint density at radius 1 is 1.25 bits per heavy atom. The molecule has 114 valence electrons. The fraction of sp³-hybridized carbons (Fsp3) is 0.571. The van der Waals surface area contributed by atoms with Crippen LogP contribution < -0.4 is 16.0 Å². The van der Waals surface area contributed by atoms with Gasteiger partial charge in [0.2, 0.25) is 0 Å². The Morgan fingerprint density at radius 2 is 1.90 bits per heavy atom. The molecule has 20 heavy (non-hydrogen) atoms. The minimum Gasteiger partial charge on any atom is -0.497 e.